The van der Waals surface area contributed by atoms with E-state index in [1.165, 1.54) is 12.8 Å². The van der Waals surface area contributed by atoms with Gasteiger partial charge in [0.15, 0.2) is 0 Å². The third kappa shape index (κ3) is 3.45. The second kappa shape index (κ2) is 6.03. The third-order valence-corrected chi connectivity index (χ3v) is 3.53. The van der Waals surface area contributed by atoms with Crippen LogP contribution in [0.15, 0.2) is 24.3 Å². The molecular formula is C14H21NO2. The molecule has 0 amide bonds. The van der Waals surface area contributed by atoms with E-state index in [1.807, 2.05) is 18.2 Å². The quantitative estimate of drug-likeness (QED) is 0.704. The summed E-state index contributed by atoms with van der Waals surface area (Å²) in [6, 6.07) is 7.50. The molecule has 1 saturated carbocycles. The summed E-state index contributed by atoms with van der Waals surface area (Å²) < 4.78 is 0. The van der Waals surface area contributed by atoms with Crippen molar-refractivity contribution >= 4 is 0 Å². The second-order valence-electron chi connectivity index (χ2n) is 4.82. The number of phenolic OH excluding ortho intramolecular Hbond substituents is 1. The molecule has 1 aliphatic rings. The highest BCUT2D eigenvalue weighted by Gasteiger charge is 2.20. The number of rotatable bonds is 3. The van der Waals surface area contributed by atoms with Crippen LogP contribution < -0.4 is 5.32 Å². The molecular weight excluding hydrogens is 214 g/mol. The molecule has 0 heterocycles. The average molecular weight is 235 g/mol. The summed E-state index contributed by atoms with van der Waals surface area (Å²) in [6.07, 6.45) is 5.17. The SMILES string of the molecule is Oc1ccccc1CNC1CCCCCC1O. The minimum Gasteiger partial charge on any atom is -0.508 e. The van der Waals surface area contributed by atoms with Gasteiger partial charge in [0.25, 0.3) is 0 Å². The van der Waals surface area contributed by atoms with Gasteiger partial charge in [-0.25, -0.2) is 0 Å². The molecule has 0 aromatic heterocycles. The zero-order valence-corrected chi connectivity index (χ0v) is 10.1. The molecule has 1 aromatic carbocycles. The van der Waals surface area contributed by atoms with Crippen LogP contribution in [0.4, 0.5) is 0 Å². The smallest absolute Gasteiger partial charge is 0.120 e. The van der Waals surface area contributed by atoms with Crippen molar-refractivity contribution < 1.29 is 10.2 Å². The number of para-hydroxylation sites is 1. The molecule has 3 heteroatoms. The number of aliphatic hydroxyl groups is 1. The van der Waals surface area contributed by atoms with E-state index in [-0.39, 0.29) is 12.1 Å². The summed E-state index contributed by atoms with van der Waals surface area (Å²) in [6.45, 7) is 0.619. The minimum absolute atomic E-state index is 0.164. The Morgan fingerprint density at radius 1 is 1.12 bits per heavy atom. The fourth-order valence-electron chi connectivity index (χ4n) is 2.43. The fraction of sp³-hybridized carbons (Fsp3) is 0.571. The van der Waals surface area contributed by atoms with Gasteiger partial charge in [0.1, 0.15) is 5.75 Å². The zero-order valence-electron chi connectivity index (χ0n) is 10.1. The minimum atomic E-state index is -0.247. The maximum atomic E-state index is 9.97. The van der Waals surface area contributed by atoms with Gasteiger partial charge < -0.3 is 15.5 Å². The first-order chi connectivity index (χ1) is 8.27. The lowest BCUT2D eigenvalue weighted by atomic mass is 10.1. The molecule has 17 heavy (non-hydrogen) atoms. The van der Waals surface area contributed by atoms with Crippen molar-refractivity contribution in [3.63, 3.8) is 0 Å². The van der Waals surface area contributed by atoms with E-state index in [0.29, 0.717) is 12.3 Å². The van der Waals surface area contributed by atoms with Crippen LogP contribution in [0.3, 0.4) is 0 Å². The van der Waals surface area contributed by atoms with Crippen molar-refractivity contribution in [1.82, 2.24) is 5.32 Å². The summed E-state index contributed by atoms with van der Waals surface area (Å²) in [5.41, 5.74) is 0.893. The Morgan fingerprint density at radius 3 is 2.71 bits per heavy atom. The maximum absolute atomic E-state index is 9.97. The largest absolute Gasteiger partial charge is 0.508 e. The number of hydrogen-bond donors (Lipinski definition) is 3. The molecule has 2 rings (SSSR count). The summed E-state index contributed by atoms with van der Waals surface area (Å²) >= 11 is 0. The van der Waals surface area contributed by atoms with Crippen LogP contribution in [0, 0.1) is 0 Å². The van der Waals surface area contributed by atoms with Crippen LogP contribution in [0.1, 0.15) is 37.7 Å². The highest BCUT2D eigenvalue weighted by Crippen LogP contribution is 2.20. The molecule has 3 nitrogen and oxygen atoms in total. The Morgan fingerprint density at radius 2 is 1.88 bits per heavy atom. The monoisotopic (exact) mass is 235 g/mol. The highest BCUT2D eigenvalue weighted by molar-refractivity contribution is 5.31. The van der Waals surface area contributed by atoms with E-state index in [0.717, 1.165) is 24.8 Å². The molecule has 2 atom stereocenters. The number of nitrogens with one attached hydrogen (secondary N) is 1. The van der Waals surface area contributed by atoms with Gasteiger partial charge in [-0.3, -0.25) is 0 Å². The van der Waals surface area contributed by atoms with Crippen molar-refractivity contribution in [2.45, 2.75) is 50.8 Å². The summed E-state index contributed by atoms with van der Waals surface area (Å²) in [5.74, 6) is 0.322. The molecule has 0 bridgehead atoms. The predicted molar refractivity (Wildman–Crippen MR) is 67.8 cm³/mol. The standard InChI is InChI=1S/C14H21NO2/c16-13-8-5-4-6-11(13)10-15-12-7-2-1-3-9-14(12)17/h4-6,8,12,14-17H,1-3,7,9-10H2. The third-order valence-electron chi connectivity index (χ3n) is 3.53. The van der Waals surface area contributed by atoms with Gasteiger partial charge in [0.05, 0.1) is 6.10 Å². The topological polar surface area (TPSA) is 52.5 Å². The van der Waals surface area contributed by atoms with Crippen LogP contribution in [0.2, 0.25) is 0 Å². The molecule has 0 aliphatic heterocycles. The number of benzene rings is 1. The first kappa shape index (κ1) is 12.4. The molecule has 94 valence electrons. The molecule has 1 fully saturated rings. The van der Waals surface area contributed by atoms with Gasteiger partial charge in [-0.05, 0) is 18.9 Å². The van der Waals surface area contributed by atoms with Crippen LogP contribution >= 0.6 is 0 Å². The average Bonchev–Trinajstić information content (AvgIpc) is 2.53. The number of aliphatic hydroxyl groups excluding tert-OH is 1. The van der Waals surface area contributed by atoms with Crippen LogP contribution in [0.25, 0.3) is 0 Å². The van der Waals surface area contributed by atoms with Gasteiger partial charge in [0.2, 0.25) is 0 Å². The van der Waals surface area contributed by atoms with E-state index in [2.05, 4.69) is 5.32 Å². The summed E-state index contributed by atoms with van der Waals surface area (Å²) in [5, 5.41) is 23.0. The Hall–Kier alpha value is -1.06. The first-order valence-corrected chi connectivity index (χ1v) is 6.45. The Bertz CT molecular complexity index is 354. The first-order valence-electron chi connectivity index (χ1n) is 6.45. The Balaban J connectivity index is 1.90. The van der Waals surface area contributed by atoms with Gasteiger partial charge in [-0.15, -0.1) is 0 Å². The molecule has 0 spiro atoms. The van der Waals surface area contributed by atoms with Crippen LogP contribution in [0.5, 0.6) is 5.75 Å². The van der Waals surface area contributed by atoms with Gasteiger partial charge in [-0.1, -0.05) is 37.5 Å². The lowest BCUT2D eigenvalue weighted by Crippen LogP contribution is -2.38. The van der Waals surface area contributed by atoms with E-state index < -0.39 is 0 Å². The molecule has 1 aromatic rings. The Labute approximate surface area is 102 Å². The van der Waals surface area contributed by atoms with E-state index in [1.54, 1.807) is 6.07 Å². The fourth-order valence-corrected chi connectivity index (χ4v) is 2.43. The maximum Gasteiger partial charge on any atom is 0.120 e. The number of hydrogen-bond acceptors (Lipinski definition) is 3. The van der Waals surface area contributed by atoms with Gasteiger partial charge in [-0.2, -0.15) is 0 Å². The van der Waals surface area contributed by atoms with Crippen molar-refractivity contribution in [2.24, 2.45) is 0 Å². The summed E-state index contributed by atoms with van der Waals surface area (Å²) in [7, 11) is 0. The lowest BCUT2D eigenvalue weighted by molar-refractivity contribution is 0.119. The molecule has 0 radical (unpaired) electrons. The summed E-state index contributed by atoms with van der Waals surface area (Å²) in [4.78, 5) is 0. The van der Waals surface area contributed by atoms with E-state index in [9.17, 15) is 10.2 Å². The molecule has 1 aliphatic carbocycles. The van der Waals surface area contributed by atoms with Crippen molar-refractivity contribution in [2.75, 3.05) is 0 Å². The van der Waals surface area contributed by atoms with Crippen LogP contribution in [-0.2, 0) is 6.54 Å². The van der Waals surface area contributed by atoms with Crippen molar-refractivity contribution in [3.05, 3.63) is 29.8 Å². The Kier molecular flexibility index (Phi) is 4.40. The van der Waals surface area contributed by atoms with Crippen LogP contribution in [-0.4, -0.2) is 22.4 Å². The van der Waals surface area contributed by atoms with Gasteiger partial charge in [0, 0.05) is 18.2 Å². The zero-order chi connectivity index (χ0) is 12.1. The molecule has 2 unspecified atom stereocenters. The lowest BCUT2D eigenvalue weighted by Gasteiger charge is -2.22. The number of aromatic hydroxyl groups is 1. The van der Waals surface area contributed by atoms with E-state index >= 15 is 0 Å². The molecule has 3 N–H and O–H groups in total. The normalized spacial score (nSPS) is 25.5. The van der Waals surface area contributed by atoms with Gasteiger partial charge >= 0.3 is 0 Å². The molecule has 0 saturated heterocycles. The van der Waals surface area contributed by atoms with Crippen molar-refractivity contribution in [1.29, 1.82) is 0 Å². The number of phenols is 1. The second-order valence-corrected chi connectivity index (χ2v) is 4.82. The predicted octanol–water partition coefficient (Wildman–Crippen LogP) is 2.18. The van der Waals surface area contributed by atoms with Crippen molar-refractivity contribution in [3.8, 4) is 5.75 Å². The van der Waals surface area contributed by atoms with E-state index in [4.69, 9.17) is 0 Å². The highest BCUT2D eigenvalue weighted by atomic mass is 16.3.